The lowest BCUT2D eigenvalue weighted by molar-refractivity contribution is -0.140. The molecular formula is C36H48O3. The molecule has 0 spiro atoms. The van der Waals surface area contributed by atoms with Gasteiger partial charge in [0.2, 0.25) is 0 Å². The van der Waals surface area contributed by atoms with Crippen LogP contribution in [0, 0.1) is 5.92 Å². The Balaban J connectivity index is 1.35. The molecule has 3 nitrogen and oxygen atoms in total. The summed E-state index contributed by atoms with van der Waals surface area (Å²) < 4.78 is 17.4. The monoisotopic (exact) mass is 528 g/mol. The standard InChI is InChI=1S/C36H48O3/c1-5-28(2)25-33(30-14-8-6-9-15-30)26-35(31-16-10-7-11-17-31)32-20-18-29(19-21-32)13-12-23-37-24-22-34-27-38-36(3,4)39-34/h6-11,14-21,28,33-35H,5,12-13,22-27H2,1-4H3. The molecule has 1 heterocycles. The fourth-order valence-corrected chi connectivity index (χ4v) is 5.70. The van der Waals surface area contributed by atoms with Crippen molar-refractivity contribution in [1.82, 2.24) is 0 Å². The van der Waals surface area contributed by atoms with Gasteiger partial charge in [-0.25, -0.2) is 0 Å². The van der Waals surface area contributed by atoms with Gasteiger partial charge in [-0.3, -0.25) is 0 Å². The molecule has 1 saturated heterocycles. The fourth-order valence-electron chi connectivity index (χ4n) is 5.70. The summed E-state index contributed by atoms with van der Waals surface area (Å²) in [5.74, 6) is 1.18. The first-order valence-electron chi connectivity index (χ1n) is 15.0. The van der Waals surface area contributed by atoms with Crippen LogP contribution < -0.4 is 0 Å². The highest BCUT2D eigenvalue weighted by atomic mass is 16.7. The summed E-state index contributed by atoms with van der Waals surface area (Å²) in [7, 11) is 0. The second-order valence-corrected chi connectivity index (χ2v) is 11.8. The van der Waals surface area contributed by atoms with Crippen LogP contribution in [0.1, 0.15) is 93.9 Å². The molecule has 3 heteroatoms. The molecule has 0 aliphatic carbocycles. The van der Waals surface area contributed by atoms with Crippen molar-refractivity contribution < 1.29 is 14.2 Å². The van der Waals surface area contributed by atoms with Crippen LogP contribution in [0.3, 0.4) is 0 Å². The zero-order chi connectivity index (χ0) is 27.5. The van der Waals surface area contributed by atoms with Gasteiger partial charge in [-0.1, -0.05) is 105 Å². The van der Waals surface area contributed by atoms with Crippen molar-refractivity contribution in [3.05, 3.63) is 107 Å². The molecule has 3 aromatic carbocycles. The van der Waals surface area contributed by atoms with E-state index < -0.39 is 5.79 Å². The molecule has 0 saturated carbocycles. The highest BCUT2D eigenvalue weighted by Crippen LogP contribution is 2.38. The van der Waals surface area contributed by atoms with Crippen LogP contribution in [0.2, 0.25) is 0 Å². The summed E-state index contributed by atoms with van der Waals surface area (Å²) >= 11 is 0. The Hall–Kier alpha value is -2.46. The van der Waals surface area contributed by atoms with Crippen LogP contribution in [0.15, 0.2) is 84.9 Å². The van der Waals surface area contributed by atoms with Crippen molar-refractivity contribution in [2.24, 2.45) is 5.92 Å². The van der Waals surface area contributed by atoms with Crippen LogP contribution in [0.4, 0.5) is 0 Å². The number of benzene rings is 3. The Kier molecular flexibility index (Phi) is 11.2. The Morgan fingerprint density at radius 2 is 1.46 bits per heavy atom. The van der Waals surface area contributed by atoms with Gasteiger partial charge in [0.1, 0.15) is 0 Å². The molecule has 39 heavy (non-hydrogen) atoms. The third-order valence-electron chi connectivity index (χ3n) is 8.16. The van der Waals surface area contributed by atoms with Gasteiger partial charge in [0, 0.05) is 19.1 Å². The largest absolute Gasteiger partial charge is 0.381 e. The Bertz CT molecular complexity index is 1080. The summed E-state index contributed by atoms with van der Waals surface area (Å²) in [6.07, 6.45) is 6.67. The van der Waals surface area contributed by atoms with Crippen LogP contribution in [0.25, 0.3) is 0 Å². The molecule has 0 N–H and O–H groups in total. The van der Waals surface area contributed by atoms with Gasteiger partial charge in [-0.15, -0.1) is 0 Å². The molecular weight excluding hydrogens is 480 g/mol. The van der Waals surface area contributed by atoms with E-state index in [2.05, 4.69) is 98.8 Å². The Labute approximate surface area is 236 Å². The maximum Gasteiger partial charge on any atom is 0.163 e. The summed E-state index contributed by atoms with van der Waals surface area (Å²) in [5.41, 5.74) is 5.66. The van der Waals surface area contributed by atoms with E-state index in [1.165, 1.54) is 35.1 Å². The van der Waals surface area contributed by atoms with Gasteiger partial charge in [0.05, 0.1) is 12.7 Å². The van der Waals surface area contributed by atoms with Crippen LogP contribution in [0.5, 0.6) is 0 Å². The smallest absolute Gasteiger partial charge is 0.163 e. The van der Waals surface area contributed by atoms with Crippen molar-refractivity contribution >= 4 is 0 Å². The van der Waals surface area contributed by atoms with E-state index in [0.29, 0.717) is 24.4 Å². The average Bonchev–Trinajstić information content (AvgIpc) is 3.32. The maximum absolute atomic E-state index is 5.90. The fraction of sp³-hybridized carbons (Fsp3) is 0.500. The summed E-state index contributed by atoms with van der Waals surface area (Å²) in [6.45, 7) is 10.8. The summed E-state index contributed by atoms with van der Waals surface area (Å²) in [4.78, 5) is 0. The molecule has 3 aromatic rings. The lowest BCUT2D eigenvalue weighted by Crippen LogP contribution is -2.22. The van der Waals surface area contributed by atoms with Gasteiger partial charge in [0.25, 0.3) is 0 Å². The number of aryl methyl sites for hydroxylation is 1. The van der Waals surface area contributed by atoms with E-state index in [4.69, 9.17) is 14.2 Å². The summed E-state index contributed by atoms with van der Waals surface area (Å²) in [5, 5.41) is 0. The number of hydrogen-bond acceptors (Lipinski definition) is 3. The minimum absolute atomic E-state index is 0.150. The van der Waals surface area contributed by atoms with E-state index in [1.54, 1.807) is 0 Å². The van der Waals surface area contributed by atoms with Gasteiger partial charge in [0.15, 0.2) is 5.79 Å². The second kappa shape index (κ2) is 14.8. The van der Waals surface area contributed by atoms with Crippen molar-refractivity contribution in [3.63, 3.8) is 0 Å². The van der Waals surface area contributed by atoms with E-state index in [0.717, 1.165) is 38.9 Å². The number of hydrogen-bond donors (Lipinski definition) is 0. The zero-order valence-corrected chi connectivity index (χ0v) is 24.5. The molecule has 4 rings (SSSR count). The van der Waals surface area contributed by atoms with Crippen LogP contribution in [-0.4, -0.2) is 31.7 Å². The predicted octanol–water partition coefficient (Wildman–Crippen LogP) is 8.92. The highest BCUT2D eigenvalue weighted by Gasteiger charge is 2.32. The Morgan fingerprint density at radius 3 is 2.08 bits per heavy atom. The van der Waals surface area contributed by atoms with Gasteiger partial charge in [-0.05, 0) is 80.0 Å². The molecule has 1 aliphatic rings. The van der Waals surface area contributed by atoms with Crippen molar-refractivity contribution in [2.75, 3.05) is 19.8 Å². The van der Waals surface area contributed by atoms with E-state index in [1.807, 2.05) is 13.8 Å². The molecule has 0 radical (unpaired) electrons. The second-order valence-electron chi connectivity index (χ2n) is 11.8. The molecule has 4 atom stereocenters. The quantitative estimate of drug-likeness (QED) is 0.184. The minimum atomic E-state index is -0.452. The molecule has 0 aromatic heterocycles. The predicted molar refractivity (Wildman–Crippen MR) is 161 cm³/mol. The van der Waals surface area contributed by atoms with Crippen LogP contribution in [-0.2, 0) is 20.6 Å². The van der Waals surface area contributed by atoms with Gasteiger partial charge >= 0.3 is 0 Å². The third-order valence-corrected chi connectivity index (χ3v) is 8.16. The van der Waals surface area contributed by atoms with Crippen LogP contribution >= 0.6 is 0 Å². The SMILES string of the molecule is CCC(C)CC(CC(c1ccccc1)c1ccc(CCCOCCC2COC(C)(C)O2)cc1)c1ccccc1. The topological polar surface area (TPSA) is 27.7 Å². The minimum Gasteiger partial charge on any atom is -0.381 e. The van der Waals surface area contributed by atoms with Crippen molar-refractivity contribution in [3.8, 4) is 0 Å². The van der Waals surface area contributed by atoms with Crippen molar-refractivity contribution in [2.45, 2.75) is 89.9 Å². The first-order valence-corrected chi connectivity index (χ1v) is 15.0. The lowest BCUT2D eigenvalue weighted by atomic mass is 9.77. The number of ether oxygens (including phenoxy) is 3. The molecule has 0 bridgehead atoms. The Morgan fingerprint density at radius 1 is 0.821 bits per heavy atom. The van der Waals surface area contributed by atoms with E-state index in [-0.39, 0.29) is 6.10 Å². The molecule has 4 unspecified atom stereocenters. The van der Waals surface area contributed by atoms with Gasteiger partial charge in [-0.2, -0.15) is 0 Å². The third kappa shape index (κ3) is 9.31. The molecule has 0 amide bonds. The molecule has 210 valence electrons. The average molecular weight is 529 g/mol. The normalized spacial score (nSPS) is 19.0. The van der Waals surface area contributed by atoms with E-state index in [9.17, 15) is 0 Å². The highest BCUT2D eigenvalue weighted by molar-refractivity contribution is 5.35. The maximum atomic E-state index is 5.90. The zero-order valence-electron chi connectivity index (χ0n) is 24.5. The van der Waals surface area contributed by atoms with Crippen molar-refractivity contribution in [1.29, 1.82) is 0 Å². The summed E-state index contributed by atoms with van der Waals surface area (Å²) in [6, 6.07) is 31.6. The first-order chi connectivity index (χ1) is 18.9. The molecule has 1 fully saturated rings. The van der Waals surface area contributed by atoms with E-state index >= 15 is 0 Å². The lowest BCUT2D eigenvalue weighted by Gasteiger charge is -2.27. The molecule has 1 aliphatic heterocycles. The van der Waals surface area contributed by atoms with Gasteiger partial charge < -0.3 is 14.2 Å². The number of rotatable bonds is 15. The first kappa shape index (κ1) is 29.5.